The van der Waals surface area contributed by atoms with E-state index in [2.05, 4.69) is 15.5 Å². The molecule has 0 spiro atoms. The predicted molar refractivity (Wildman–Crippen MR) is 63.8 cm³/mol. The molecule has 1 N–H and O–H groups in total. The summed E-state index contributed by atoms with van der Waals surface area (Å²) in [7, 11) is 1.39. The molecule has 0 saturated heterocycles. The Morgan fingerprint density at radius 2 is 2.06 bits per heavy atom. The lowest BCUT2D eigenvalue weighted by molar-refractivity contribution is 0.0635. The van der Waals surface area contributed by atoms with Gasteiger partial charge in [0, 0.05) is 6.07 Å². The van der Waals surface area contributed by atoms with E-state index in [9.17, 15) is 9.59 Å². The first-order valence-electron chi connectivity index (χ1n) is 5.22. The van der Waals surface area contributed by atoms with Gasteiger partial charge in [-0.3, -0.25) is 10.1 Å². The Bertz CT molecular complexity index is 454. The number of nitrogens with zero attached hydrogens (tertiary/aromatic N) is 2. The van der Waals surface area contributed by atoms with E-state index < -0.39 is 11.7 Å². The molecule has 1 aromatic rings. The molecule has 0 fully saturated rings. The zero-order valence-electron chi connectivity index (χ0n) is 10.7. The molecule has 0 atom stereocenters. The second-order valence-corrected chi connectivity index (χ2v) is 4.43. The van der Waals surface area contributed by atoms with Crippen molar-refractivity contribution in [2.75, 3.05) is 12.4 Å². The smallest absolute Gasteiger partial charge is 0.413 e. The maximum absolute atomic E-state index is 11.5. The number of amides is 1. The van der Waals surface area contributed by atoms with Gasteiger partial charge in [-0.05, 0) is 20.8 Å². The van der Waals surface area contributed by atoms with Crippen molar-refractivity contribution in [2.24, 2.45) is 0 Å². The summed E-state index contributed by atoms with van der Waals surface area (Å²) in [6.07, 6.45) is -0.138. The normalized spacial score (nSPS) is 10.7. The van der Waals surface area contributed by atoms with Gasteiger partial charge in [0.25, 0.3) is 0 Å². The molecule has 0 aliphatic heterocycles. The summed E-state index contributed by atoms with van der Waals surface area (Å²) in [6, 6.07) is 1.39. The highest BCUT2D eigenvalue weighted by Gasteiger charge is 2.17. The summed E-state index contributed by atoms with van der Waals surface area (Å²) < 4.78 is 9.98. The van der Waals surface area contributed by atoms with E-state index in [1.807, 2.05) is 0 Å². The average molecular weight is 253 g/mol. The zero-order valence-corrected chi connectivity index (χ0v) is 10.7. The Morgan fingerprint density at radius 3 is 2.56 bits per heavy atom. The Labute approximate surface area is 104 Å². The minimum absolute atomic E-state index is 0.0623. The van der Waals surface area contributed by atoms with Gasteiger partial charge in [0.2, 0.25) is 0 Å². The summed E-state index contributed by atoms with van der Waals surface area (Å²) in [6.45, 7) is 5.23. The zero-order chi connectivity index (χ0) is 13.8. The lowest BCUT2D eigenvalue weighted by Gasteiger charge is -2.19. The number of carbonyl (C=O) groups excluding carboxylic acids is 2. The molecule has 7 nitrogen and oxygen atoms in total. The fourth-order valence-electron chi connectivity index (χ4n) is 1.10. The quantitative estimate of drug-likeness (QED) is 0.823. The first-order valence-corrected chi connectivity index (χ1v) is 5.22. The first kappa shape index (κ1) is 13.9. The third kappa shape index (κ3) is 4.00. The molecular formula is C11H15N3O4. The molecule has 0 aliphatic carbocycles. The van der Waals surface area contributed by atoms with E-state index in [1.165, 1.54) is 13.2 Å². The number of nitrogens with one attached hydrogen (secondary N) is 1. The Balaban J connectivity index is 2.80. The van der Waals surface area contributed by atoms with Gasteiger partial charge in [0.15, 0.2) is 23.5 Å². The Kier molecular flexibility index (Phi) is 4.19. The summed E-state index contributed by atoms with van der Waals surface area (Å²) in [5.41, 5.74) is -0.545. The van der Waals surface area contributed by atoms with E-state index in [-0.39, 0.29) is 17.3 Å². The number of aromatic nitrogens is 2. The van der Waals surface area contributed by atoms with Crippen molar-refractivity contribution in [3.05, 3.63) is 11.8 Å². The highest BCUT2D eigenvalue weighted by atomic mass is 16.6. The van der Waals surface area contributed by atoms with Crippen molar-refractivity contribution in [1.82, 2.24) is 10.2 Å². The minimum Gasteiger partial charge on any atom is -0.494 e. The largest absolute Gasteiger partial charge is 0.494 e. The number of rotatable bonds is 3. The highest BCUT2D eigenvalue weighted by Crippen LogP contribution is 2.17. The summed E-state index contributed by atoms with van der Waals surface area (Å²) in [4.78, 5) is 22.1. The first-order chi connectivity index (χ1) is 8.35. The number of methoxy groups -OCH3 is 1. The van der Waals surface area contributed by atoms with Crippen LogP contribution in [0.5, 0.6) is 5.75 Å². The van der Waals surface area contributed by atoms with E-state index in [0.717, 1.165) is 0 Å². The summed E-state index contributed by atoms with van der Waals surface area (Å²) >= 11 is 0. The van der Waals surface area contributed by atoms with Crippen LogP contribution in [0.25, 0.3) is 0 Å². The fourth-order valence-corrected chi connectivity index (χ4v) is 1.10. The lowest BCUT2D eigenvalue weighted by atomic mass is 10.2. The van der Waals surface area contributed by atoms with E-state index in [1.54, 1.807) is 20.8 Å². The lowest BCUT2D eigenvalue weighted by Crippen LogP contribution is -2.27. The molecule has 1 heterocycles. The molecule has 98 valence electrons. The molecule has 0 radical (unpaired) electrons. The van der Waals surface area contributed by atoms with Crippen LogP contribution in [0, 0.1) is 0 Å². The van der Waals surface area contributed by atoms with Gasteiger partial charge in [0.1, 0.15) is 5.60 Å². The van der Waals surface area contributed by atoms with Crippen LogP contribution in [-0.4, -0.2) is 35.3 Å². The molecule has 0 aliphatic rings. The SMILES string of the molecule is COc1cc(NC(=O)OC(C)(C)C)nnc1C=O. The van der Waals surface area contributed by atoms with Gasteiger partial charge >= 0.3 is 6.09 Å². The van der Waals surface area contributed by atoms with Crippen molar-refractivity contribution in [3.63, 3.8) is 0 Å². The Hall–Kier alpha value is -2.18. The Morgan fingerprint density at radius 1 is 1.39 bits per heavy atom. The van der Waals surface area contributed by atoms with Crippen LogP contribution < -0.4 is 10.1 Å². The predicted octanol–water partition coefficient (Wildman–Crippen LogP) is 1.64. The van der Waals surface area contributed by atoms with Gasteiger partial charge < -0.3 is 9.47 Å². The molecule has 18 heavy (non-hydrogen) atoms. The van der Waals surface area contributed by atoms with Crippen molar-refractivity contribution >= 4 is 18.2 Å². The highest BCUT2D eigenvalue weighted by molar-refractivity contribution is 5.84. The van der Waals surface area contributed by atoms with Crippen molar-refractivity contribution in [3.8, 4) is 5.75 Å². The fraction of sp³-hybridized carbons (Fsp3) is 0.455. The number of hydrogen-bond donors (Lipinski definition) is 1. The van der Waals surface area contributed by atoms with Crippen LogP contribution in [0.1, 0.15) is 31.3 Å². The molecule has 0 bridgehead atoms. The standard InChI is InChI=1S/C11H15N3O4/c1-11(2,3)18-10(16)12-9-5-8(17-4)7(6-15)13-14-9/h5-6H,1-4H3,(H,12,14,16). The molecule has 1 amide bonds. The molecule has 1 rings (SSSR count). The van der Waals surface area contributed by atoms with Gasteiger partial charge in [-0.15, -0.1) is 10.2 Å². The van der Waals surface area contributed by atoms with Gasteiger partial charge in [-0.2, -0.15) is 0 Å². The van der Waals surface area contributed by atoms with Crippen LogP contribution in [0.2, 0.25) is 0 Å². The number of carbonyl (C=O) groups is 2. The van der Waals surface area contributed by atoms with Crippen molar-refractivity contribution in [2.45, 2.75) is 26.4 Å². The van der Waals surface area contributed by atoms with E-state index >= 15 is 0 Å². The third-order valence-corrected chi connectivity index (χ3v) is 1.75. The number of anilines is 1. The third-order valence-electron chi connectivity index (χ3n) is 1.75. The van der Waals surface area contributed by atoms with Crippen molar-refractivity contribution in [1.29, 1.82) is 0 Å². The van der Waals surface area contributed by atoms with Crippen LogP contribution in [0.15, 0.2) is 6.07 Å². The van der Waals surface area contributed by atoms with E-state index in [4.69, 9.17) is 9.47 Å². The monoisotopic (exact) mass is 253 g/mol. The van der Waals surface area contributed by atoms with Crippen LogP contribution in [-0.2, 0) is 4.74 Å². The molecule has 0 unspecified atom stereocenters. The van der Waals surface area contributed by atoms with Crippen LogP contribution in [0.3, 0.4) is 0 Å². The maximum atomic E-state index is 11.5. The second kappa shape index (κ2) is 5.44. The molecular weight excluding hydrogens is 238 g/mol. The maximum Gasteiger partial charge on any atom is 0.413 e. The summed E-state index contributed by atoms with van der Waals surface area (Å²) in [5.74, 6) is 0.373. The van der Waals surface area contributed by atoms with Crippen LogP contribution >= 0.6 is 0 Å². The van der Waals surface area contributed by atoms with Gasteiger partial charge in [0.05, 0.1) is 7.11 Å². The molecule has 1 aromatic heterocycles. The number of ether oxygens (including phenoxy) is 2. The topological polar surface area (TPSA) is 90.4 Å². The molecule has 0 aromatic carbocycles. The second-order valence-electron chi connectivity index (χ2n) is 4.43. The van der Waals surface area contributed by atoms with Crippen LogP contribution in [0.4, 0.5) is 10.6 Å². The summed E-state index contributed by atoms with van der Waals surface area (Å²) in [5, 5.41) is 9.65. The number of aldehydes is 1. The number of hydrogen-bond acceptors (Lipinski definition) is 6. The van der Waals surface area contributed by atoms with Crippen molar-refractivity contribution < 1.29 is 19.1 Å². The minimum atomic E-state index is -0.655. The van der Waals surface area contributed by atoms with E-state index in [0.29, 0.717) is 6.29 Å². The molecule has 7 heteroatoms. The molecule has 0 saturated carbocycles. The average Bonchev–Trinajstić information content (AvgIpc) is 2.26. The van der Waals surface area contributed by atoms with Gasteiger partial charge in [-0.1, -0.05) is 0 Å². The van der Waals surface area contributed by atoms with Gasteiger partial charge in [-0.25, -0.2) is 4.79 Å².